The van der Waals surface area contributed by atoms with Crippen molar-refractivity contribution in [2.75, 3.05) is 0 Å². The Morgan fingerprint density at radius 2 is 2.50 bits per heavy atom. The zero-order valence-corrected chi connectivity index (χ0v) is 8.52. The highest BCUT2D eigenvalue weighted by atomic mass is 35.5. The van der Waals surface area contributed by atoms with Gasteiger partial charge in [0, 0.05) is 0 Å². The van der Waals surface area contributed by atoms with Crippen LogP contribution in [0.25, 0.3) is 0 Å². The van der Waals surface area contributed by atoms with Gasteiger partial charge in [0.25, 0.3) is 0 Å². The molecule has 0 atom stereocenters. The number of nitrogens with zero attached hydrogens (tertiary/aromatic N) is 4. The zero-order valence-electron chi connectivity index (χ0n) is 7.76. The molecule has 0 bridgehead atoms. The number of nitriles is 1. The quantitative estimate of drug-likeness (QED) is 0.253. The van der Waals surface area contributed by atoms with Gasteiger partial charge in [-0.25, -0.2) is 9.13 Å². The average molecular weight is 215 g/mol. The Kier molecular flexibility index (Phi) is 5.34. The highest BCUT2D eigenvalue weighted by Crippen LogP contribution is 1.93. The standard InChI is InChI=1S/C8H10N4O.ClH/c1-11-5-6-12(4-2-3-9)8(11)7-10-13;/h5-7H,2,4H2,1H3;1H. The third-order valence-corrected chi connectivity index (χ3v) is 1.76. The minimum absolute atomic E-state index is 0. The molecule has 0 aliphatic heterocycles. The van der Waals surface area contributed by atoms with Gasteiger partial charge in [-0.2, -0.15) is 5.26 Å². The molecule has 1 N–H and O–H groups in total. The normalized spacial score (nSPS) is 9.71. The van der Waals surface area contributed by atoms with E-state index in [1.54, 1.807) is 0 Å². The van der Waals surface area contributed by atoms with Crippen molar-refractivity contribution < 1.29 is 22.2 Å². The molecule has 0 fully saturated rings. The van der Waals surface area contributed by atoms with E-state index in [1.807, 2.05) is 28.6 Å². The van der Waals surface area contributed by atoms with Gasteiger partial charge < -0.3 is 17.6 Å². The Morgan fingerprint density at radius 1 is 1.79 bits per heavy atom. The summed E-state index contributed by atoms with van der Waals surface area (Å²) < 4.78 is 3.67. The molecule has 0 saturated carbocycles. The molecule has 1 aromatic heterocycles. The van der Waals surface area contributed by atoms with Crippen LogP contribution >= 0.6 is 0 Å². The van der Waals surface area contributed by atoms with Crippen molar-refractivity contribution in [2.45, 2.75) is 13.0 Å². The SMILES string of the molecule is C[n+]1ccn(CCC#N)c1/C=N/O.[Cl-]. The molecule has 0 radical (unpaired) electrons. The van der Waals surface area contributed by atoms with Crippen LogP contribution in [0.15, 0.2) is 17.5 Å². The summed E-state index contributed by atoms with van der Waals surface area (Å²) >= 11 is 0. The summed E-state index contributed by atoms with van der Waals surface area (Å²) in [5.41, 5.74) is 0. The van der Waals surface area contributed by atoms with Crippen LogP contribution in [0.4, 0.5) is 0 Å². The second-order valence-electron chi connectivity index (χ2n) is 2.61. The fraction of sp³-hybridized carbons (Fsp3) is 0.375. The van der Waals surface area contributed by atoms with Crippen LogP contribution in [0.2, 0.25) is 0 Å². The highest BCUT2D eigenvalue weighted by Gasteiger charge is 2.11. The molecule has 1 heterocycles. The van der Waals surface area contributed by atoms with E-state index in [4.69, 9.17) is 10.5 Å². The van der Waals surface area contributed by atoms with Crippen molar-refractivity contribution in [3.05, 3.63) is 18.2 Å². The Bertz CT molecular complexity index is 353. The summed E-state index contributed by atoms with van der Waals surface area (Å²) in [6.07, 6.45) is 5.47. The predicted octanol–water partition coefficient (Wildman–Crippen LogP) is -2.96. The highest BCUT2D eigenvalue weighted by molar-refractivity contribution is 5.72. The van der Waals surface area contributed by atoms with Crippen molar-refractivity contribution >= 4 is 6.21 Å². The molecule has 6 heteroatoms. The molecule has 1 rings (SSSR count). The first kappa shape index (κ1) is 12.5. The van der Waals surface area contributed by atoms with Crippen LogP contribution in [-0.4, -0.2) is 16.0 Å². The van der Waals surface area contributed by atoms with Gasteiger partial charge >= 0.3 is 5.82 Å². The van der Waals surface area contributed by atoms with Crippen LogP contribution in [0.3, 0.4) is 0 Å². The molecule has 0 aromatic carbocycles. The van der Waals surface area contributed by atoms with Gasteiger partial charge in [0.2, 0.25) is 0 Å². The lowest BCUT2D eigenvalue weighted by atomic mass is 10.4. The van der Waals surface area contributed by atoms with Crippen LogP contribution in [0, 0.1) is 11.3 Å². The third kappa shape index (κ3) is 2.75. The topological polar surface area (TPSA) is 65.2 Å². The largest absolute Gasteiger partial charge is 1.00 e. The van der Waals surface area contributed by atoms with Crippen LogP contribution in [0.1, 0.15) is 12.2 Å². The van der Waals surface area contributed by atoms with Gasteiger partial charge in [-0.1, -0.05) is 5.16 Å². The van der Waals surface area contributed by atoms with Gasteiger partial charge in [-0.05, 0) is 0 Å². The number of imidazole rings is 1. The monoisotopic (exact) mass is 214 g/mol. The predicted molar refractivity (Wildman–Crippen MR) is 45.2 cm³/mol. The minimum Gasteiger partial charge on any atom is -1.00 e. The number of hydrogen-bond donors (Lipinski definition) is 1. The molecule has 0 unspecified atom stereocenters. The molecule has 76 valence electrons. The number of oxime groups is 1. The van der Waals surface area contributed by atoms with Crippen LogP contribution in [-0.2, 0) is 13.6 Å². The molecule has 5 nitrogen and oxygen atoms in total. The van der Waals surface area contributed by atoms with E-state index in [0.29, 0.717) is 13.0 Å². The first-order chi connectivity index (χ1) is 6.29. The number of aryl methyl sites for hydroxylation is 2. The molecule has 0 amide bonds. The maximum atomic E-state index is 8.40. The minimum atomic E-state index is 0. The second-order valence-corrected chi connectivity index (χ2v) is 2.61. The van der Waals surface area contributed by atoms with Crippen molar-refractivity contribution in [3.8, 4) is 6.07 Å². The van der Waals surface area contributed by atoms with E-state index in [-0.39, 0.29) is 12.4 Å². The Hall–Kier alpha value is -1.54. The summed E-state index contributed by atoms with van der Waals surface area (Å²) in [6.45, 7) is 0.610. The van der Waals surface area contributed by atoms with Crippen molar-refractivity contribution in [2.24, 2.45) is 12.2 Å². The molecule has 0 spiro atoms. The molecule has 1 aromatic rings. The van der Waals surface area contributed by atoms with E-state index in [0.717, 1.165) is 5.82 Å². The number of aromatic nitrogens is 2. The summed E-state index contributed by atoms with van der Waals surface area (Å²) in [5, 5.41) is 19.8. The number of hydrogen-bond acceptors (Lipinski definition) is 3. The van der Waals surface area contributed by atoms with Gasteiger partial charge in [-0.3, -0.25) is 0 Å². The van der Waals surface area contributed by atoms with E-state index in [1.165, 1.54) is 6.21 Å². The van der Waals surface area contributed by atoms with Crippen molar-refractivity contribution in [3.63, 3.8) is 0 Å². The van der Waals surface area contributed by atoms with E-state index in [2.05, 4.69) is 11.2 Å². The molecule has 0 aliphatic carbocycles. The van der Waals surface area contributed by atoms with E-state index >= 15 is 0 Å². The molecule has 14 heavy (non-hydrogen) atoms. The smallest absolute Gasteiger partial charge is 0.303 e. The fourth-order valence-electron chi connectivity index (χ4n) is 1.11. The third-order valence-electron chi connectivity index (χ3n) is 1.76. The summed E-state index contributed by atoms with van der Waals surface area (Å²) in [5.74, 6) is 0.762. The van der Waals surface area contributed by atoms with Gasteiger partial charge in [-0.15, -0.1) is 0 Å². The molecule has 0 aliphatic rings. The van der Waals surface area contributed by atoms with Crippen molar-refractivity contribution in [1.82, 2.24) is 4.57 Å². The van der Waals surface area contributed by atoms with Gasteiger partial charge in [0.1, 0.15) is 18.9 Å². The lowest BCUT2D eigenvalue weighted by Gasteiger charge is -1.93. The molecular formula is C8H11ClN4O. The van der Waals surface area contributed by atoms with Crippen molar-refractivity contribution in [1.29, 1.82) is 5.26 Å². The first-order valence-electron chi connectivity index (χ1n) is 3.88. The van der Waals surface area contributed by atoms with Crippen LogP contribution < -0.4 is 17.0 Å². The zero-order chi connectivity index (χ0) is 9.68. The lowest BCUT2D eigenvalue weighted by molar-refractivity contribution is -0.671. The summed E-state index contributed by atoms with van der Waals surface area (Å²) in [4.78, 5) is 0. The Morgan fingerprint density at radius 3 is 3.07 bits per heavy atom. The summed E-state index contributed by atoms with van der Waals surface area (Å²) in [7, 11) is 1.85. The summed E-state index contributed by atoms with van der Waals surface area (Å²) in [6, 6.07) is 2.06. The fourth-order valence-corrected chi connectivity index (χ4v) is 1.11. The van der Waals surface area contributed by atoms with Gasteiger partial charge in [0.15, 0.2) is 6.21 Å². The maximum Gasteiger partial charge on any atom is 0.303 e. The second kappa shape index (κ2) is 6.00. The molecular weight excluding hydrogens is 204 g/mol. The number of rotatable bonds is 3. The lowest BCUT2D eigenvalue weighted by Crippen LogP contribution is -3.00. The number of halogens is 1. The average Bonchev–Trinajstić information content (AvgIpc) is 2.46. The van der Waals surface area contributed by atoms with Gasteiger partial charge in [0.05, 0.1) is 19.5 Å². The maximum absolute atomic E-state index is 8.40. The molecule has 0 saturated heterocycles. The Balaban J connectivity index is 0.00000169. The Labute approximate surface area is 88.3 Å². The first-order valence-corrected chi connectivity index (χ1v) is 3.88. The van der Waals surface area contributed by atoms with Crippen LogP contribution in [0.5, 0.6) is 0 Å². The van der Waals surface area contributed by atoms with E-state index in [9.17, 15) is 0 Å². The van der Waals surface area contributed by atoms with E-state index < -0.39 is 0 Å².